The molecule has 1 atom stereocenters. The van der Waals surface area contributed by atoms with Gasteiger partial charge in [-0.25, -0.2) is 0 Å². The fraction of sp³-hybridized carbons (Fsp3) is 0.214. The summed E-state index contributed by atoms with van der Waals surface area (Å²) in [6.45, 7) is 0. The molecule has 0 spiro atoms. The van der Waals surface area contributed by atoms with Gasteiger partial charge in [-0.1, -0.05) is 30.0 Å². The van der Waals surface area contributed by atoms with Crippen LogP contribution in [0.15, 0.2) is 40.1 Å². The lowest BCUT2D eigenvalue weighted by Gasteiger charge is -2.05. The Bertz CT molecular complexity index is 797. The van der Waals surface area contributed by atoms with Gasteiger partial charge in [0.05, 0.1) is 11.8 Å². The Balaban J connectivity index is 1.71. The number of rotatable bonds is 6. The maximum absolute atomic E-state index is 10.7. The molecule has 3 aromatic rings. The van der Waals surface area contributed by atoms with Crippen molar-refractivity contribution in [2.45, 2.75) is 17.7 Å². The van der Waals surface area contributed by atoms with Crippen molar-refractivity contribution in [1.29, 1.82) is 0 Å². The first kappa shape index (κ1) is 14.6. The third-order valence-electron chi connectivity index (χ3n) is 3.19. The van der Waals surface area contributed by atoms with Gasteiger partial charge in [-0.2, -0.15) is 0 Å². The number of hydrogen-bond acceptors (Lipinski definition) is 6. The zero-order valence-corrected chi connectivity index (χ0v) is 12.5. The fourth-order valence-electron chi connectivity index (χ4n) is 2.19. The Morgan fingerprint density at radius 2 is 2.18 bits per heavy atom. The van der Waals surface area contributed by atoms with E-state index >= 15 is 0 Å². The zero-order chi connectivity index (χ0) is 15.5. The van der Waals surface area contributed by atoms with Crippen molar-refractivity contribution in [2.24, 2.45) is 11.5 Å². The number of thioether (sulfide) groups is 1. The summed E-state index contributed by atoms with van der Waals surface area (Å²) in [5.74, 6) is 0.00404. The Hall–Kier alpha value is -2.32. The molecule has 0 fully saturated rings. The predicted molar refractivity (Wildman–Crippen MR) is 83.1 cm³/mol. The first-order valence-corrected chi connectivity index (χ1v) is 7.67. The number of primary amides is 1. The summed E-state index contributed by atoms with van der Waals surface area (Å²) in [5, 5.41) is 9.20. The zero-order valence-electron chi connectivity index (χ0n) is 11.7. The molecule has 22 heavy (non-hydrogen) atoms. The number of benzene rings is 1. The number of nitrogens with two attached hydrogens (primary N) is 2. The van der Waals surface area contributed by atoms with Crippen molar-refractivity contribution >= 4 is 28.6 Å². The number of nitrogens with one attached hydrogen (secondary N) is 1. The molecule has 0 aliphatic carbocycles. The number of hydrogen-bond donors (Lipinski definition) is 3. The number of amides is 1. The average Bonchev–Trinajstić information content (AvgIpc) is 3.13. The first-order valence-electron chi connectivity index (χ1n) is 6.68. The molecule has 2 aromatic heterocycles. The standard InChI is InChI=1S/C14H15N5O2S/c15-10(13-18-19-14(21-13)22-7-12(16)20)5-8-6-17-11-4-2-1-3-9(8)11/h1-4,6,10,17H,5,7,15H2,(H2,16,20)/t10-/m0/s1. The smallest absolute Gasteiger partial charge is 0.277 e. The van der Waals surface area contributed by atoms with Crippen molar-refractivity contribution in [1.82, 2.24) is 15.2 Å². The Labute approximate surface area is 130 Å². The van der Waals surface area contributed by atoms with E-state index in [1.165, 1.54) is 0 Å². The number of para-hydroxylation sites is 1. The van der Waals surface area contributed by atoms with Gasteiger partial charge >= 0.3 is 0 Å². The summed E-state index contributed by atoms with van der Waals surface area (Å²) in [7, 11) is 0. The van der Waals surface area contributed by atoms with Crippen LogP contribution in [0.4, 0.5) is 0 Å². The Morgan fingerprint density at radius 1 is 1.36 bits per heavy atom. The third kappa shape index (κ3) is 3.12. The van der Waals surface area contributed by atoms with E-state index in [9.17, 15) is 4.79 Å². The van der Waals surface area contributed by atoms with E-state index in [1.54, 1.807) is 0 Å². The van der Waals surface area contributed by atoms with Crippen molar-refractivity contribution in [2.75, 3.05) is 5.75 Å². The number of carbonyl (C=O) groups excluding carboxylic acids is 1. The van der Waals surface area contributed by atoms with E-state index < -0.39 is 11.9 Å². The second-order valence-corrected chi connectivity index (χ2v) is 5.76. The van der Waals surface area contributed by atoms with Gasteiger partial charge in [0.25, 0.3) is 5.22 Å². The number of carbonyl (C=O) groups is 1. The Kier molecular flexibility index (Phi) is 4.12. The topological polar surface area (TPSA) is 124 Å². The maximum atomic E-state index is 10.7. The number of aromatic amines is 1. The van der Waals surface area contributed by atoms with Crippen LogP contribution in [0.1, 0.15) is 17.5 Å². The van der Waals surface area contributed by atoms with Gasteiger partial charge in [-0.3, -0.25) is 4.79 Å². The molecule has 5 N–H and O–H groups in total. The largest absolute Gasteiger partial charge is 0.414 e. The van der Waals surface area contributed by atoms with Crippen LogP contribution in [0.2, 0.25) is 0 Å². The lowest BCUT2D eigenvalue weighted by atomic mass is 10.1. The van der Waals surface area contributed by atoms with Gasteiger partial charge in [0.15, 0.2) is 0 Å². The molecule has 0 aliphatic rings. The van der Waals surface area contributed by atoms with Crippen molar-refractivity contribution in [3.8, 4) is 0 Å². The van der Waals surface area contributed by atoms with Crippen molar-refractivity contribution in [3.63, 3.8) is 0 Å². The summed E-state index contributed by atoms with van der Waals surface area (Å²) in [5.41, 5.74) is 13.4. The maximum Gasteiger partial charge on any atom is 0.277 e. The summed E-state index contributed by atoms with van der Waals surface area (Å²) in [6.07, 6.45) is 2.51. The van der Waals surface area contributed by atoms with E-state index in [0.29, 0.717) is 17.5 Å². The van der Waals surface area contributed by atoms with Gasteiger partial charge in [-0.05, 0) is 18.1 Å². The number of nitrogens with zero attached hydrogens (tertiary/aromatic N) is 2. The predicted octanol–water partition coefficient (Wildman–Crippen LogP) is 1.37. The summed E-state index contributed by atoms with van der Waals surface area (Å²) >= 11 is 1.10. The monoisotopic (exact) mass is 317 g/mol. The van der Waals surface area contributed by atoms with Gasteiger partial charge in [0.2, 0.25) is 11.8 Å². The minimum Gasteiger partial charge on any atom is -0.414 e. The van der Waals surface area contributed by atoms with Gasteiger partial charge < -0.3 is 20.9 Å². The van der Waals surface area contributed by atoms with Crippen LogP contribution in [0.5, 0.6) is 0 Å². The van der Waals surface area contributed by atoms with Crippen LogP contribution in [-0.4, -0.2) is 26.8 Å². The molecular formula is C14H15N5O2S. The third-order valence-corrected chi connectivity index (χ3v) is 4.03. The molecule has 3 rings (SSSR count). The average molecular weight is 317 g/mol. The molecular weight excluding hydrogens is 302 g/mol. The van der Waals surface area contributed by atoms with Crippen LogP contribution in [0, 0.1) is 0 Å². The first-order chi connectivity index (χ1) is 10.6. The summed E-state index contributed by atoms with van der Waals surface area (Å²) in [4.78, 5) is 13.9. The highest BCUT2D eigenvalue weighted by atomic mass is 32.2. The Morgan fingerprint density at radius 3 is 3.00 bits per heavy atom. The van der Waals surface area contributed by atoms with E-state index in [0.717, 1.165) is 28.2 Å². The summed E-state index contributed by atoms with van der Waals surface area (Å²) < 4.78 is 5.45. The lowest BCUT2D eigenvalue weighted by Crippen LogP contribution is -2.13. The molecule has 8 heteroatoms. The highest BCUT2D eigenvalue weighted by Gasteiger charge is 2.17. The minimum absolute atomic E-state index is 0.0965. The van der Waals surface area contributed by atoms with Gasteiger partial charge in [-0.15, -0.1) is 10.2 Å². The molecule has 0 aliphatic heterocycles. The van der Waals surface area contributed by atoms with Crippen molar-refractivity contribution < 1.29 is 9.21 Å². The van der Waals surface area contributed by atoms with Crippen LogP contribution < -0.4 is 11.5 Å². The minimum atomic E-state index is -0.437. The molecule has 0 saturated heterocycles. The molecule has 0 bridgehead atoms. The molecule has 0 radical (unpaired) electrons. The van der Waals surface area contributed by atoms with Crippen LogP contribution >= 0.6 is 11.8 Å². The molecule has 114 valence electrons. The normalized spacial score (nSPS) is 12.6. The molecule has 2 heterocycles. The van der Waals surface area contributed by atoms with E-state index in [4.69, 9.17) is 15.9 Å². The van der Waals surface area contributed by atoms with E-state index in [1.807, 2.05) is 30.5 Å². The molecule has 1 aromatic carbocycles. The summed E-state index contributed by atoms with van der Waals surface area (Å²) in [6, 6.07) is 7.60. The highest BCUT2D eigenvalue weighted by Crippen LogP contribution is 2.24. The molecule has 1 amide bonds. The number of fused-ring (bicyclic) bond motifs is 1. The number of aromatic nitrogens is 3. The number of H-pyrrole nitrogens is 1. The second-order valence-electron chi connectivity index (χ2n) is 4.83. The van der Waals surface area contributed by atoms with Crippen LogP contribution in [0.25, 0.3) is 10.9 Å². The fourth-order valence-corrected chi connectivity index (χ4v) is 2.69. The lowest BCUT2D eigenvalue weighted by molar-refractivity contribution is -0.115. The quantitative estimate of drug-likeness (QED) is 0.590. The van der Waals surface area contributed by atoms with Crippen LogP contribution in [-0.2, 0) is 11.2 Å². The molecule has 0 unspecified atom stereocenters. The molecule has 7 nitrogen and oxygen atoms in total. The second kappa shape index (κ2) is 6.20. The van der Waals surface area contributed by atoms with Crippen molar-refractivity contribution in [3.05, 3.63) is 41.9 Å². The van der Waals surface area contributed by atoms with Gasteiger partial charge in [0, 0.05) is 17.1 Å². The highest BCUT2D eigenvalue weighted by molar-refractivity contribution is 7.99. The molecule has 0 saturated carbocycles. The van der Waals surface area contributed by atoms with E-state index in [-0.39, 0.29) is 5.75 Å². The van der Waals surface area contributed by atoms with Crippen LogP contribution in [0.3, 0.4) is 0 Å². The SMILES string of the molecule is NC(=O)CSc1nnc([C@@H](N)Cc2c[nH]c3ccccc23)o1. The van der Waals surface area contributed by atoms with E-state index in [2.05, 4.69) is 15.2 Å². The van der Waals surface area contributed by atoms with Gasteiger partial charge in [0.1, 0.15) is 0 Å².